The fourth-order valence-electron chi connectivity index (χ4n) is 4.63. The van der Waals surface area contributed by atoms with Crippen LogP contribution in [-0.4, -0.2) is 66.2 Å². The van der Waals surface area contributed by atoms with Crippen LogP contribution >= 0.6 is 22.6 Å². The number of aromatic hydroxyl groups is 1. The number of aliphatic hydroxyl groups is 2. The van der Waals surface area contributed by atoms with Crippen LogP contribution in [0.25, 0.3) is 11.6 Å². The molecule has 2 aromatic carbocycles. The summed E-state index contributed by atoms with van der Waals surface area (Å²) < 4.78 is 37.4. The predicted molar refractivity (Wildman–Crippen MR) is 158 cm³/mol. The van der Waals surface area contributed by atoms with E-state index >= 15 is 0 Å². The molecule has 39 heavy (non-hydrogen) atoms. The zero-order chi connectivity index (χ0) is 28.0. The number of para-hydroxylation sites is 1. The molecule has 0 saturated carbocycles. The third kappa shape index (κ3) is 6.99. The molecule has 3 aromatic rings. The van der Waals surface area contributed by atoms with Crippen molar-refractivity contribution in [2.24, 2.45) is 0 Å². The van der Waals surface area contributed by atoms with Crippen molar-refractivity contribution in [1.82, 2.24) is 4.98 Å². The molecule has 0 unspecified atom stereocenters. The van der Waals surface area contributed by atoms with Crippen molar-refractivity contribution in [3.05, 3.63) is 92.8 Å². The number of nitrogens with zero attached hydrogens (tertiary/aromatic N) is 1. The average Bonchev–Trinajstić information content (AvgIpc) is 3.21. The minimum Gasteiger partial charge on any atom is -0.504 e. The summed E-state index contributed by atoms with van der Waals surface area (Å²) in [5, 5.41) is 30.3. The van der Waals surface area contributed by atoms with Gasteiger partial charge < -0.3 is 24.8 Å². The maximum atomic E-state index is 12.8. The van der Waals surface area contributed by atoms with Crippen molar-refractivity contribution < 1.29 is 33.2 Å². The summed E-state index contributed by atoms with van der Waals surface area (Å²) in [6.07, 6.45) is 3.03. The summed E-state index contributed by atoms with van der Waals surface area (Å²) in [6, 6.07) is 18.1. The first kappa shape index (κ1) is 29.1. The van der Waals surface area contributed by atoms with Gasteiger partial charge in [0.2, 0.25) is 0 Å². The van der Waals surface area contributed by atoms with E-state index in [4.69, 9.17) is 9.47 Å². The van der Waals surface area contributed by atoms with Crippen molar-refractivity contribution in [2.45, 2.75) is 24.2 Å². The number of benzene rings is 2. The molecular formula is C29H30INO7S. The van der Waals surface area contributed by atoms with Gasteiger partial charge in [0.1, 0.15) is 17.6 Å². The van der Waals surface area contributed by atoms with Crippen LogP contribution in [0.5, 0.6) is 17.2 Å². The first-order valence-corrected chi connectivity index (χ1v) is 15.1. The maximum absolute atomic E-state index is 12.8. The highest BCUT2D eigenvalue weighted by Crippen LogP contribution is 2.36. The Morgan fingerprint density at radius 2 is 1.92 bits per heavy atom. The second kappa shape index (κ2) is 12.9. The summed E-state index contributed by atoms with van der Waals surface area (Å²) in [6.45, 7) is -0.612. The minimum atomic E-state index is -3.67. The maximum Gasteiger partial charge on any atom is 0.171 e. The van der Waals surface area contributed by atoms with Crippen LogP contribution in [0.15, 0.2) is 78.0 Å². The Balaban J connectivity index is 1.62. The zero-order valence-corrected chi connectivity index (χ0v) is 24.3. The van der Waals surface area contributed by atoms with Gasteiger partial charge in [-0.05, 0) is 100 Å². The lowest BCUT2D eigenvalue weighted by Gasteiger charge is -2.20. The number of phenols is 1. The molecule has 2 atom stereocenters. The van der Waals surface area contributed by atoms with Gasteiger partial charge >= 0.3 is 0 Å². The van der Waals surface area contributed by atoms with Gasteiger partial charge in [-0.25, -0.2) is 8.42 Å². The SMILES string of the molecule is COc1cc(/C=C(/CC[C@@H](O)C2=C(COc3ccccc3)CS(=O)(=O)[C@H]2CO)c2ccccn2)cc(I)c1O. The summed E-state index contributed by atoms with van der Waals surface area (Å²) >= 11 is 2.03. The van der Waals surface area contributed by atoms with Crippen molar-refractivity contribution in [3.8, 4) is 17.2 Å². The van der Waals surface area contributed by atoms with Gasteiger partial charge in [-0.15, -0.1) is 0 Å². The Morgan fingerprint density at radius 1 is 1.18 bits per heavy atom. The third-order valence-corrected chi connectivity index (χ3v) is 9.38. The molecule has 4 rings (SSSR count). The van der Waals surface area contributed by atoms with Crippen LogP contribution in [0, 0.1) is 3.57 Å². The number of halogens is 1. The van der Waals surface area contributed by atoms with Crippen molar-refractivity contribution in [3.63, 3.8) is 0 Å². The van der Waals surface area contributed by atoms with Crippen LogP contribution in [0.3, 0.4) is 0 Å². The summed E-state index contributed by atoms with van der Waals surface area (Å²) in [4.78, 5) is 4.47. The standard InChI is InChI=1S/C29H30INO7S/c1-37-26-15-19(14-23(30)29(26)34)13-20(24-9-5-6-12-31-24)10-11-25(33)28-21(18-39(35,36)27(28)16-32)17-38-22-7-3-2-4-8-22/h2-9,12-15,25,27,32-34H,10-11,16-18H2,1H3/b20-13-/t25-,27+/m1/s1. The minimum absolute atomic E-state index is 0.000807. The van der Waals surface area contributed by atoms with Crippen LogP contribution < -0.4 is 9.47 Å². The molecule has 8 nitrogen and oxygen atoms in total. The average molecular weight is 664 g/mol. The van der Waals surface area contributed by atoms with Gasteiger partial charge in [0, 0.05) is 6.20 Å². The lowest BCUT2D eigenvalue weighted by Crippen LogP contribution is -2.29. The first-order chi connectivity index (χ1) is 18.7. The molecule has 0 amide bonds. The molecule has 0 spiro atoms. The number of hydrogen-bond acceptors (Lipinski definition) is 8. The van der Waals surface area contributed by atoms with Crippen LogP contribution in [0.2, 0.25) is 0 Å². The molecule has 0 saturated heterocycles. The number of allylic oxidation sites excluding steroid dienone is 1. The summed E-state index contributed by atoms with van der Waals surface area (Å²) in [5.41, 5.74) is 3.05. The monoisotopic (exact) mass is 663 g/mol. The Bertz CT molecular complexity index is 1460. The molecule has 1 aliphatic rings. The molecule has 0 aliphatic carbocycles. The Hall–Kier alpha value is -2.93. The van der Waals surface area contributed by atoms with Crippen molar-refractivity contribution >= 4 is 44.1 Å². The number of rotatable bonds is 11. The van der Waals surface area contributed by atoms with E-state index in [0.29, 0.717) is 38.3 Å². The number of sulfone groups is 1. The van der Waals surface area contributed by atoms with Gasteiger partial charge in [-0.1, -0.05) is 24.3 Å². The van der Waals surface area contributed by atoms with E-state index in [9.17, 15) is 23.7 Å². The summed E-state index contributed by atoms with van der Waals surface area (Å²) in [5.74, 6) is 0.707. The molecular weight excluding hydrogens is 633 g/mol. The topological polar surface area (TPSA) is 126 Å². The predicted octanol–water partition coefficient (Wildman–Crippen LogP) is 4.25. The fourth-order valence-corrected chi connectivity index (χ4v) is 7.13. The highest BCUT2D eigenvalue weighted by Gasteiger charge is 2.41. The lowest BCUT2D eigenvalue weighted by atomic mass is 9.94. The van der Waals surface area contributed by atoms with E-state index < -0.39 is 27.8 Å². The number of methoxy groups -OCH3 is 1. The largest absolute Gasteiger partial charge is 0.504 e. The molecule has 3 N–H and O–H groups in total. The second-order valence-electron chi connectivity index (χ2n) is 9.13. The molecule has 206 valence electrons. The molecule has 0 fully saturated rings. The normalized spacial score (nSPS) is 17.7. The first-order valence-electron chi connectivity index (χ1n) is 12.3. The van der Waals surface area contributed by atoms with Crippen LogP contribution in [-0.2, 0) is 9.84 Å². The Labute approximate surface area is 241 Å². The smallest absolute Gasteiger partial charge is 0.171 e. The van der Waals surface area contributed by atoms with E-state index in [1.807, 2.05) is 71.1 Å². The van der Waals surface area contributed by atoms with Crippen LogP contribution in [0.1, 0.15) is 24.1 Å². The van der Waals surface area contributed by atoms with Crippen molar-refractivity contribution in [1.29, 1.82) is 0 Å². The molecule has 0 bridgehead atoms. The second-order valence-corrected chi connectivity index (χ2v) is 12.5. The number of phenolic OH excluding ortho intramolecular Hbond substituents is 1. The van der Waals surface area contributed by atoms with E-state index in [-0.39, 0.29) is 24.5 Å². The quantitative estimate of drug-likeness (QED) is 0.206. The van der Waals surface area contributed by atoms with E-state index in [2.05, 4.69) is 4.98 Å². The Morgan fingerprint density at radius 3 is 2.59 bits per heavy atom. The third-order valence-electron chi connectivity index (χ3n) is 6.54. The zero-order valence-electron chi connectivity index (χ0n) is 21.3. The van der Waals surface area contributed by atoms with Gasteiger partial charge in [0.05, 0.1) is 34.8 Å². The molecule has 0 radical (unpaired) electrons. The molecule has 1 aromatic heterocycles. The van der Waals surface area contributed by atoms with E-state index in [1.54, 1.807) is 24.4 Å². The van der Waals surface area contributed by atoms with E-state index in [1.165, 1.54) is 7.11 Å². The van der Waals surface area contributed by atoms with Crippen LogP contribution in [0.4, 0.5) is 0 Å². The molecule has 10 heteroatoms. The highest BCUT2D eigenvalue weighted by atomic mass is 127. The number of pyridine rings is 1. The van der Waals surface area contributed by atoms with Gasteiger partial charge in [-0.3, -0.25) is 4.98 Å². The highest BCUT2D eigenvalue weighted by molar-refractivity contribution is 14.1. The molecule has 1 aliphatic heterocycles. The van der Waals surface area contributed by atoms with Crippen molar-refractivity contribution in [2.75, 3.05) is 26.1 Å². The van der Waals surface area contributed by atoms with Gasteiger partial charge in [-0.2, -0.15) is 0 Å². The van der Waals surface area contributed by atoms with Gasteiger partial charge in [0.25, 0.3) is 0 Å². The fraction of sp³-hybridized carbons (Fsp3) is 0.276. The summed E-state index contributed by atoms with van der Waals surface area (Å²) in [7, 11) is -2.19. The van der Waals surface area contributed by atoms with E-state index in [0.717, 1.165) is 11.1 Å². The number of hydrogen-bond donors (Lipinski definition) is 3. The number of aromatic nitrogens is 1. The molecule has 2 heterocycles. The number of ether oxygens (including phenoxy) is 2. The lowest BCUT2D eigenvalue weighted by molar-refractivity contribution is 0.188. The number of aliphatic hydroxyl groups excluding tert-OH is 2. The Kier molecular flexibility index (Phi) is 9.65. The van der Waals surface area contributed by atoms with Gasteiger partial charge in [0.15, 0.2) is 21.3 Å².